The molecule has 0 unspecified atom stereocenters. The van der Waals surface area contributed by atoms with Crippen molar-refractivity contribution in [1.82, 2.24) is 9.97 Å². The number of rotatable bonds is 4. The van der Waals surface area contributed by atoms with Crippen LogP contribution in [-0.4, -0.2) is 29.7 Å². The predicted octanol–water partition coefficient (Wildman–Crippen LogP) is 2.86. The minimum atomic E-state index is 0.433. The second-order valence-electron chi connectivity index (χ2n) is 4.84. The second kappa shape index (κ2) is 6.18. The average Bonchev–Trinajstić information content (AvgIpc) is 2.47. The van der Waals surface area contributed by atoms with Crippen LogP contribution in [0.3, 0.4) is 0 Å². The van der Waals surface area contributed by atoms with Crippen LogP contribution in [0.25, 0.3) is 0 Å². The molecule has 6 heteroatoms. The first kappa shape index (κ1) is 13.9. The number of nitrogens with zero attached hydrogens (tertiary/aromatic N) is 2. The van der Waals surface area contributed by atoms with Crippen molar-refractivity contribution in [1.29, 1.82) is 0 Å². The molecule has 0 saturated carbocycles. The van der Waals surface area contributed by atoms with Crippen molar-refractivity contribution in [2.75, 3.05) is 25.1 Å². The standard InChI is InChI=1S/C15H16ClN3O2/c1-10-6-11(7-12-15(10)21-5-4-20-12)2-3-17-14-8-13(16)18-9-19-14/h6-9H,2-5H2,1H3,(H,17,18,19). The van der Waals surface area contributed by atoms with Crippen molar-refractivity contribution in [2.45, 2.75) is 13.3 Å². The number of hydrogen-bond acceptors (Lipinski definition) is 5. The number of aryl methyl sites for hydroxylation is 1. The molecule has 0 atom stereocenters. The monoisotopic (exact) mass is 305 g/mol. The van der Waals surface area contributed by atoms with Crippen LogP contribution in [-0.2, 0) is 6.42 Å². The third-order valence-corrected chi connectivity index (χ3v) is 3.45. The lowest BCUT2D eigenvalue weighted by Gasteiger charge is -2.21. The summed E-state index contributed by atoms with van der Waals surface area (Å²) in [5.41, 5.74) is 2.30. The lowest BCUT2D eigenvalue weighted by atomic mass is 10.1. The van der Waals surface area contributed by atoms with Gasteiger partial charge in [-0.05, 0) is 30.5 Å². The molecule has 1 aromatic carbocycles. The summed E-state index contributed by atoms with van der Waals surface area (Å²) in [7, 11) is 0. The van der Waals surface area contributed by atoms with Crippen molar-refractivity contribution in [3.63, 3.8) is 0 Å². The number of fused-ring (bicyclic) bond motifs is 1. The maximum absolute atomic E-state index is 5.82. The molecule has 110 valence electrons. The van der Waals surface area contributed by atoms with E-state index in [-0.39, 0.29) is 0 Å². The number of ether oxygens (including phenoxy) is 2. The molecule has 1 aliphatic rings. The van der Waals surface area contributed by atoms with E-state index in [1.807, 2.05) is 13.0 Å². The average molecular weight is 306 g/mol. The smallest absolute Gasteiger partial charge is 0.164 e. The van der Waals surface area contributed by atoms with E-state index in [1.54, 1.807) is 6.07 Å². The molecule has 1 N–H and O–H groups in total. The van der Waals surface area contributed by atoms with E-state index < -0.39 is 0 Å². The van der Waals surface area contributed by atoms with Crippen LogP contribution in [0.5, 0.6) is 11.5 Å². The molecule has 2 aromatic rings. The Morgan fingerprint density at radius 3 is 2.90 bits per heavy atom. The number of benzene rings is 1. The molecule has 0 radical (unpaired) electrons. The van der Waals surface area contributed by atoms with Gasteiger partial charge < -0.3 is 14.8 Å². The van der Waals surface area contributed by atoms with E-state index in [0.717, 1.165) is 35.8 Å². The van der Waals surface area contributed by atoms with Crippen LogP contribution < -0.4 is 14.8 Å². The Morgan fingerprint density at radius 1 is 1.19 bits per heavy atom. The van der Waals surface area contributed by atoms with E-state index in [9.17, 15) is 0 Å². The van der Waals surface area contributed by atoms with Gasteiger partial charge in [0.2, 0.25) is 0 Å². The van der Waals surface area contributed by atoms with E-state index >= 15 is 0 Å². The number of aromatic nitrogens is 2. The van der Waals surface area contributed by atoms with Crippen LogP contribution >= 0.6 is 11.6 Å². The maximum Gasteiger partial charge on any atom is 0.164 e. The molecule has 21 heavy (non-hydrogen) atoms. The summed E-state index contributed by atoms with van der Waals surface area (Å²) in [6.45, 7) is 4.01. The highest BCUT2D eigenvalue weighted by Gasteiger charge is 2.15. The normalized spacial score (nSPS) is 13.0. The molecule has 0 amide bonds. The minimum absolute atomic E-state index is 0.433. The van der Waals surface area contributed by atoms with Crippen molar-refractivity contribution in [2.24, 2.45) is 0 Å². The maximum atomic E-state index is 5.82. The van der Waals surface area contributed by atoms with Gasteiger partial charge in [-0.2, -0.15) is 0 Å². The molecule has 1 aliphatic heterocycles. The second-order valence-corrected chi connectivity index (χ2v) is 5.23. The Hall–Kier alpha value is -2.01. The van der Waals surface area contributed by atoms with Crippen molar-refractivity contribution in [3.8, 4) is 11.5 Å². The molecule has 1 aromatic heterocycles. The van der Waals surface area contributed by atoms with Gasteiger partial charge in [0, 0.05) is 12.6 Å². The lowest BCUT2D eigenvalue weighted by molar-refractivity contribution is 0.170. The molecule has 3 rings (SSSR count). The molecule has 0 fully saturated rings. The van der Waals surface area contributed by atoms with Crippen LogP contribution in [0.1, 0.15) is 11.1 Å². The fourth-order valence-corrected chi connectivity index (χ4v) is 2.46. The lowest BCUT2D eigenvalue weighted by Crippen LogP contribution is -2.16. The van der Waals surface area contributed by atoms with Gasteiger partial charge >= 0.3 is 0 Å². The molecule has 5 nitrogen and oxygen atoms in total. The summed E-state index contributed by atoms with van der Waals surface area (Å²) in [4.78, 5) is 7.96. The molecular formula is C15H16ClN3O2. The Kier molecular flexibility index (Phi) is 4.10. The van der Waals surface area contributed by atoms with E-state index in [1.165, 1.54) is 11.9 Å². The van der Waals surface area contributed by atoms with E-state index in [0.29, 0.717) is 18.4 Å². The van der Waals surface area contributed by atoms with Crippen molar-refractivity contribution >= 4 is 17.4 Å². The summed E-state index contributed by atoms with van der Waals surface area (Å²) in [5, 5.41) is 3.66. The highest BCUT2D eigenvalue weighted by atomic mass is 35.5. The topological polar surface area (TPSA) is 56.3 Å². The van der Waals surface area contributed by atoms with Gasteiger partial charge in [0.15, 0.2) is 11.5 Å². The third-order valence-electron chi connectivity index (χ3n) is 3.24. The molecule has 0 bridgehead atoms. The zero-order valence-corrected chi connectivity index (χ0v) is 12.5. The zero-order valence-electron chi connectivity index (χ0n) is 11.7. The van der Waals surface area contributed by atoms with Crippen LogP contribution in [0.2, 0.25) is 5.15 Å². The number of anilines is 1. The Balaban J connectivity index is 1.64. The summed E-state index contributed by atoms with van der Waals surface area (Å²) in [5.74, 6) is 2.42. The van der Waals surface area contributed by atoms with Gasteiger partial charge in [0.25, 0.3) is 0 Å². The van der Waals surface area contributed by atoms with Gasteiger partial charge in [-0.1, -0.05) is 17.7 Å². The number of hydrogen-bond donors (Lipinski definition) is 1. The fourth-order valence-electron chi connectivity index (χ4n) is 2.31. The Bertz CT molecular complexity index is 649. The van der Waals surface area contributed by atoms with Crippen LogP contribution in [0.15, 0.2) is 24.5 Å². The quantitative estimate of drug-likeness (QED) is 0.880. The molecule has 0 saturated heterocycles. The SMILES string of the molecule is Cc1cc(CCNc2cc(Cl)ncn2)cc2c1OCCO2. The fraction of sp³-hybridized carbons (Fsp3) is 0.333. The molecular weight excluding hydrogens is 290 g/mol. The first-order valence-corrected chi connectivity index (χ1v) is 7.21. The summed E-state index contributed by atoms with van der Waals surface area (Å²) >= 11 is 5.82. The van der Waals surface area contributed by atoms with Crippen molar-refractivity contribution < 1.29 is 9.47 Å². The number of nitrogens with one attached hydrogen (secondary N) is 1. The molecule has 2 heterocycles. The van der Waals surface area contributed by atoms with Gasteiger partial charge in [-0.15, -0.1) is 0 Å². The summed E-state index contributed by atoms with van der Waals surface area (Å²) < 4.78 is 11.3. The largest absolute Gasteiger partial charge is 0.486 e. The predicted molar refractivity (Wildman–Crippen MR) is 81.4 cm³/mol. The number of halogens is 1. The molecule has 0 spiro atoms. The Morgan fingerprint density at radius 2 is 2.05 bits per heavy atom. The summed E-state index contributed by atoms with van der Waals surface area (Å²) in [6, 6.07) is 5.87. The zero-order chi connectivity index (χ0) is 14.7. The first-order valence-electron chi connectivity index (χ1n) is 6.83. The first-order chi connectivity index (χ1) is 10.2. The van der Waals surface area contributed by atoms with Gasteiger partial charge in [-0.25, -0.2) is 9.97 Å². The van der Waals surface area contributed by atoms with Gasteiger partial charge in [0.05, 0.1) is 0 Å². The third kappa shape index (κ3) is 3.36. The van der Waals surface area contributed by atoms with Crippen LogP contribution in [0.4, 0.5) is 5.82 Å². The summed E-state index contributed by atoms with van der Waals surface area (Å²) in [6.07, 6.45) is 2.30. The highest BCUT2D eigenvalue weighted by Crippen LogP contribution is 2.34. The Labute approximate surface area is 128 Å². The van der Waals surface area contributed by atoms with Crippen molar-refractivity contribution in [3.05, 3.63) is 40.8 Å². The van der Waals surface area contributed by atoms with E-state index in [4.69, 9.17) is 21.1 Å². The van der Waals surface area contributed by atoms with Gasteiger partial charge in [0.1, 0.15) is 30.5 Å². The van der Waals surface area contributed by atoms with Crippen LogP contribution in [0, 0.1) is 6.92 Å². The molecule has 0 aliphatic carbocycles. The van der Waals surface area contributed by atoms with E-state index in [2.05, 4.69) is 21.4 Å². The minimum Gasteiger partial charge on any atom is -0.486 e. The van der Waals surface area contributed by atoms with Gasteiger partial charge in [-0.3, -0.25) is 0 Å². The highest BCUT2D eigenvalue weighted by molar-refractivity contribution is 6.29.